The number of sulfone groups is 2. The van der Waals surface area contributed by atoms with E-state index in [1.807, 2.05) is 0 Å². The predicted octanol–water partition coefficient (Wildman–Crippen LogP) is 6.12. The Labute approximate surface area is 439 Å². The zero-order chi connectivity index (χ0) is 55.6. The fourth-order valence-electron chi connectivity index (χ4n) is 5.96. The molecule has 0 saturated heterocycles. The number of aromatic nitrogens is 3. The maximum absolute atomic E-state index is 13.0. The van der Waals surface area contributed by atoms with Crippen LogP contribution in [0.3, 0.4) is 0 Å². The van der Waals surface area contributed by atoms with Crippen molar-refractivity contribution in [3.63, 3.8) is 0 Å². The highest BCUT2D eigenvalue weighted by Crippen LogP contribution is 2.43. The number of nitrogens with two attached hydrogens (primary N) is 2. The molecule has 76 heavy (non-hydrogen) atoms. The molecule has 1 amide bonds. The Morgan fingerprint density at radius 2 is 1.16 bits per heavy atom. The molecule has 38 heteroatoms. The lowest BCUT2D eigenvalue weighted by atomic mass is 10.2. The number of rotatable bonds is 24. The number of hydrogen-bond acceptors (Lipinski definition) is 28. The van der Waals surface area contributed by atoms with Crippen molar-refractivity contribution in [3.05, 3.63) is 108 Å². The standard InChI is InChI=1S/C38H35ClN12O19S6/c39-36-45-37(43-23-7-12-27(13-8-23)73(56,57)18-16-68-76(64,65)66)47-38(46-36)44-25-9-14-30(74(58,59)60)28(19-25)49-50-29-20-31(75(61,62)63)33(41)34(32(29)40)51-48-24-3-1-21(2-4-24)35(52)42-22-5-10-26(11-6-22)72(54,55)17-15-67-71-70-69-53/h1-14,19-20,53H,15-18,40-41H2,(H,42,52)(H,58,59,60)(H,61,62,63)(H,64,65,66)(H2,43,44,45,46,47). The summed E-state index contributed by atoms with van der Waals surface area (Å²) in [6.45, 7) is -1.15. The second-order valence-corrected chi connectivity index (χ2v) is 23.5. The van der Waals surface area contributed by atoms with E-state index in [2.05, 4.69) is 64.9 Å². The smallest absolute Gasteiger partial charge is 0.396 e. The number of carbonyl (C=O) groups excluding carboxylic acids is 1. The Hall–Kier alpha value is -6.95. The van der Waals surface area contributed by atoms with E-state index in [0.29, 0.717) is 6.07 Å². The molecule has 31 nitrogen and oxygen atoms in total. The number of anilines is 7. The number of hydrogen-bond donors (Lipinski definition) is 9. The van der Waals surface area contributed by atoms with Crippen molar-refractivity contribution in [2.75, 3.05) is 52.1 Å². The maximum Gasteiger partial charge on any atom is 0.397 e. The molecule has 404 valence electrons. The Bertz CT molecular complexity index is 3790. The Balaban J connectivity index is 1.19. The molecule has 1 aromatic heterocycles. The minimum atomic E-state index is -5.15. The average Bonchev–Trinajstić information content (AvgIpc) is 3.33. The van der Waals surface area contributed by atoms with Gasteiger partial charge in [0.2, 0.25) is 17.2 Å². The van der Waals surface area contributed by atoms with E-state index in [4.69, 9.17) is 37.1 Å². The first-order valence-electron chi connectivity index (χ1n) is 20.2. The fraction of sp³-hybridized carbons (Fsp3) is 0.105. The van der Waals surface area contributed by atoms with Gasteiger partial charge in [-0.05, 0) is 109 Å². The maximum atomic E-state index is 13.0. The van der Waals surface area contributed by atoms with Gasteiger partial charge >= 0.3 is 10.4 Å². The number of nitrogens with one attached hydrogen (secondary N) is 3. The van der Waals surface area contributed by atoms with Gasteiger partial charge in [0.15, 0.2) is 32.0 Å². The van der Waals surface area contributed by atoms with Crippen LogP contribution in [-0.4, -0.2) is 107 Å². The van der Waals surface area contributed by atoms with Crippen LogP contribution in [0.1, 0.15) is 10.4 Å². The summed E-state index contributed by atoms with van der Waals surface area (Å²) in [7, 11) is -22.9. The van der Waals surface area contributed by atoms with Gasteiger partial charge in [0.1, 0.15) is 26.9 Å². The molecule has 0 bridgehead atoms. The first-order chi connectivity index (χ1) is 35.6. The van der Waals surface area contributed by atoms with Gasteiger partial charge in [-0.15, -0.1) is 19.7 Å². The third kappa shape index (κ3) is 16.3. The summed E-state index contributed by atoms with van der Waals surface area (Å²) in [4.78, 5) is 23.0. The molecular weight excluding hydrogens is 1160 g/mol. The van der Waals surface area contributed by atoms with Crippen molar-refractivity contribution in [1.82, 2.24) is 15.0 Å². The Kier molecular flexibility index (Phi) is 18.7. The second kappa shape index (κ2) is 24.4. The first kappa shape index (κ1) is 58.3. The van der Waals surface area contributed by atoms with Gasteiger partial charge in [-0.1, -0.05) is 5.04 Å². The number of halogens is 1. The van der Waals surface area contributed by atoms with Crippen molar-refractivity contribution in [3.8, 4) is 0 Å². The van der Waals surface area contributed by atoms with Crippen molar-refractivity contribution < 1.29 is 83.5 Å². The molecule has 1 heterocycles. The van der Waals surface area contributed by atoms with Crippen LogP contribution < -0.4 is 27.4 Å². The summed E-state index contributed by atoms with van der Waals surface area (Å²) in [6, 6.07) is 19.2. The lowest BCUT2D eigenvalue weighted by Crippen LogP contribution is -2.15. The number of amides is 1. The molecule has 0 unspecified atom stereocenters. The summed E-state index contributed by atoms with van der Waals surface area (Å²) in [5.74, 6) is -2.31. The van der Waals surface area contributed by atoms with Gasteiger partial charge in [-0.25, -0.2) is 26.3 Å². The number of carbonyl (C=O) groups is 1. The van der Waals surface area contributed by atoms with Crippen LogP contribution in [0, 0.1) is 0 Å². The SMILES string of the molecule is Nc1c(N=Nc2cc(Nc3nc(Cl)nc(Nc4ccc(S(=O)(=O)CCOS(=O)(=O)O)cc4)n3)ccc2S(=O)(=O)O)cc(S(=O)(=O)O)c(N)c1N=Nc1ccc(C(=O)Nc2ccc(S(=O)(=O)CCOSOOO)cc2)cc1. The molecule has 0 atom stereocenters. The monoisotopic (exact) mass is 1190 g/mol. The molecule has 6 rings (SSSR count). The lowest BCUT2D eigenvalue weighted by molar-refractivity contribution is -0.434. The van der Waals surface area contributed by atoms with Gasteiger partial charge in [0.05, 0.1) is 51.6 Å². The minimum Gasteiger partial charge on any atom is -0.396 e. The quantitative estimate of drug-likeness (QED) is 0.00626. The molecule has 6 aromatic rings. The Morgan fingerprint density at radius 3 is 1.72 bits per heavy atom. The summed E-state index contributed by atoms with van der Waals surface area (Å²) in [6.07, 6.45) is 0. The van der Waals surface area contributed by atoms with Crippen LogP contribution in [0.4, 0.5) is 63.1 Å². The normalized spacial score (nSPS) is 12.5. The van der Waals surface area contributed by atoms with Gasteiger partial charge in [-0.2, -0.15) is 45.3 Å². The molecular formula is C38H35ClN12O19S6. The van der Waals surface area contributed by atoms with Crippen molar-refractivity contribution in [2.45, 2.75) is 19.6 Å². The predicted molar refractivity (Wildman–Crippen MR) is 268 cm³/mol. The van der Waals surface area contributed by atoms with Crippen LogP contribution in [-0.2, 0) is 68.0 Å². The van der Waals surface area contributed by atoms with Gasteiger partial charge in [0.25, 0.3) is 26.1 Å². The number of azo groups is 2. The Morgan fingerprint density at radius 1 is 0.618 bits per heavy atom. The highest BCUT2D eigenvalue weighted by molar-refractivity contribution is 7.92. The molecule has 0 spiro atoms. The summed E-state index contributed by atoms with van der Waals surface area (Å²) < 4.78 is 163. The highest BCUT2D eigenvalue weighted by atomic mass is 35.5. The van der Waals surface area contributed by atoms with Crippen LogP contribution in [0.2, 0.25) is 5.28 Å². The van der Waals surface area contributed by atoms with Crippen molar-refractivity contribution >= 4 is 143 Å². The van der Waals surface area contributed by atoms with Crippen LogP contribution in [0.5, 0.6) is 0 Å². The molecule has 0 aliphatic rings. The summed E-state index contributed by atoms with van der Waals surface area (Å²) >= 11 is 6.34. The van der Waals surface area contributed by atoms with Crippen molar-refractivity contribution in [2.24, 2.45) is 20.5 Å². The van der Waals surface area contributed by atoms with Gasteiger partial charge < -0.3 is 27.4 Å². The highest BCUT2D eigenvalue weighted by Gasteiger charge is 2.24. The average molecular weight is 1190 g/mol. The third-order valence-corrected chi connectivity index (χ3v) is 15.6. The van der Waals surface area contributed by atoms with E-state index in [-0.39, 0.29) is 74.2 Å². The summed E-state index contributed by atoms with van der Waals surface area (Å²) in [5, 5.41) is 34.8. The largest absolute Gasteiger partial charge is 0.397 e. The van der Waals surface area contributed by atoms with Crippen molar-refractivity contribution in [1.29, 1.82) is 0 Å². The summed E-state index contributed by atoms with van der Waals surface area (Å²) in [5.41, 5.74) is 10.0. The van der Waals surface area contributed by atoms with Crippen LogP contribution in [0.15, 0.2) is 137 Å². The number of nitrogens with zero attached hydrogens (tertiary/aromatic N) is 7. The molecule has 0 aliphatic carbocycles. The zero-order valence-corrected chi connectivity index (χ0v) is 43.2. The second-order valence-electron chi connectivity index (χ2n) is 14.6. The minimum absolute atomic E-state index is 0.0200. The van der Waals surface area contributed by atoms with E-state index in [1.165, 1.54) is 72.8 Å². The van der Waals surface area contributed by atoms with Gasteiger partial charge in [0, 0.05) is 22.6 Å². The topological polar surface area (TPSA) is 482 Å². The molecule has 0 radical (unpaired) electrons. The van der Waals surface area contributed by atoms with Crippen LogP contribution in [0.25, 0.3) is 0 Å². The molecule has 0 fully saturated rings. The lowest BCUT2D eigenvalue weighted by Gasteiger charge is -2.11. The first-order valence-corrected chi connectivity index (χ1v) is 28.8. The van der Waals surface area contributed by atoms with Crippen LogP contribution >= 0.6 is 23.9 Å². The third-order valence-electron chi connectivity index (χ3n) is 9.43. The zero-order valence-electron chi connectivity index (χ0n) is 37.6. The van der Waals surface area contributed by atoms with Gasteiger partial charge in [-0.3, -0.25) is 22.6 Å². The molecule has 5 aromatic carbocycles. The number of nitrogen functional groups attached to an aromatic ring is 2. The molecule has 0 saturated carbocycles. The van der Waals surface area contributed by atoms with E-state index in [0.717, 1.165) is 18.2 Å². The van der Waals surface area contributed by atoms with E-state index < -0.39 is 113 Å². The molecule has 0 aliphatic heterocycles. The fourth-order valence-corrected chi connectivity index (χ4v) is 10.3. The molecule has 11 N–H and O–H groups in total. The van der Waals surface area contributed by atoms with E-state index in [9.17, 15) is 56.0 Å². The number of benzene rings is 5. The van der Waals surface area contributed by atoms with E-state index in [1.54, 1.807) is 0 Å². The van der Waals surface area contributed by atoms with E-state index >= 15 is 0 Å².